The SMILES string of the molecule is CC(C)c1nc(-c2ccc(F)cc2F)sc1CN. The fraction of sp³-hybridized carbons (Fsp3) is 0.308. The van der Waals surface area contributed by atoms with Crippen LogP contribution < -0.4 is 5.73 Å². The normalized spacial score (nSPS) is 11.2. The van der Waals surface area contributed by atoms with Gasteiger partial charge >= 0.3 is 0 Å². The Labute approximate surface area is 108 Å². The maximum absolute atomic E-state index is 13.7. The van der Waals surface area contributed by atoms with E-state index >= 15 is 0 Å². The molecule has 0 aliphatic carbocycles. The smallest absolute Gasteiger partial charge is 0.136 e. The van der Waals surface area contributed by atoms with Crippen LogP contribution in [0.4, 0.5) is 8.78 Å². The average molecular weight is 268 g/mol. The van der Waals surface area contributed by atoms with Crippen molar-refractivity contribution in [3.05, 3.63) is 40.4 Å². The zero-order valence-electron chi connectivity index (χ0n) is 10.2. The summed E-state index contributed by atoms with van der Waals surface area (Å²) in [6.07, 6.45) is 0. The standard InChI is InChI=1S/C13H14F2N2S/c1-7(2)12-11(6-16)18-13(17-12)9-4-3-8(14)5-10(9)15/h3-5,7H,6,16H2,1-2H3. The summed E-state index contributed by atoms with van der Waals surface area (Å²) < 4.78 is 26.5. The van der Waals surface area contributed by atoms with Crippen molar-refractivity contribution in [1.82, 2.24) is 4.98 Å². The van der Waals surface area contributed by atoms with Crippen molar-refractivity contribution in [3.63, 3.8) is 0 Å². The van der Waals surface area contributed by atoms with Gasteiger partial charge in [-0.25, -0.2) is 13.8 Å². The third-order valence-corrected chi connectivity index (χ3v) is 3.75. The summed E-state index contributed by atoms with van der Waals surface area (Å²) in [5.74, 6) is -0.948. The molecule has 2 aromatic rings. The van der Waals surface area contributed by atoms with E-state index in [1.165, 1.54) is 23.5 Å². The minimum absolute atomic E-state index is 0.233. The second-order valence-electron chi connectivity index (χ2n) is 4.31. The Morgan fingerprint density at radius 1 is 1.33 bits per heavy atom. The summed E-state index contributed by atoms with van der Waals surface area (Å²) in [6.45, 7) is 4.41. The van der Waals surface area contributed by atoms with Crippen molar-refractivity contribution in [3.8, 4) is 10.6 Å². The van der Waals surface area contributed by atoms with Crippen LogP contribution in [-0.2, 0) is 6.54 Å². The second kappa shape index (κ2) is 5.12. The average Bonchev–Trinajstić information content (AvgIpc) is 2.73. The van der Waals surface area contributed by atoms with Crippen LogP contribution in [0.5, 0.6) is 0 Å². The number of halogens is 2. The van der Waals surface area contributed by atoms with Crippen molar-refractivity contribution in [2.24, 2.45) is 5.73 Å². The van der Waals surface area contributed by atoms with Gasteiger partial charge in [0.05, 0.1) is 5.69 Å². The highest BCUT2D eigenvalue weighted by molar-refractivity contribution is 7.15. The number of hydrogen-bond acceptors (Lipinski definition) is 3. The molecule has 0 aliphatic heterocycles. The van der Waals surface area contributed by atoms with E-state index in [9.17, 15) is 8.78 Å². The molecule has 0 aliphatic rings. The fourth-order valence-corrected chi connectivity index (χ4v) is 2.86. The quantitative estimate of drug-likeness (QED) is 0.922. The van der Waals surface area contributed by atoms with Crippen LogP contribution in [0.2, 0.25) is 0 Å². The Hall–Kier alpha value is -1.33. The molecule has 0 radical (unpaired) electrons. The van der Waals surface area contributed by atoms with Gasteiger partial charge in [0.25, 0.3) is 0 Å². The highest BCUT2D eigenvalue weighted by atomic mass is 32.1. The number of aromatic nitrogens is 1. The van der Waals surface area contributed by atoms with E-state index < -0.39 is 11.6 Å². The summed E-state index contributed by atoms with van der Waals surface area (Å²) in [7, 11) is 0. The van der Waals surface area contributed by atoms with Crippen LogP contribution in [0.15, 0.2) is 18.2 Å². The molecule has 2 rings (SSSR count). The van der Waals surface area contributed by atoms with E-state index in [1.54, 1.807) is 0 Å². The fourth-order valence-electron chi connectivity index (χ4n) is 1.74. The molecule has 0 atom stereocenters. The van der Waals surface area contributed by atoms with Crippen LogP contribution in [0.25, 0.3) is 10.6 Å². The predicted octanol–water partition coefficient (Wildman–Crippen LogP) is 3.67. The van der Waals surface area contributed by atoms with Crippen LogP contribution in [-0.4, -0.2) is 4.98 Å². The maximum Gasteiger partial charge on any atom is 0.136 e. The van der Waals surface area contributed by atoms with E-state index in [2.05, 4.69) is 4.98 Å². The Morgan fingerprint density at radius 3 is 2.56 bits per heavy atom. The molecule has 0 saturated heterocycles. The zero-order valence-corrected chi connectivity index (χ0v) is 11.0. The topological polar surface area (TPSA) is 38.9 Å². The first-order chi connectivity index (χ1) is 8.52. The molecule has 0 unspecified atom stereocenters. The first-order valence-corrected chi connectivity index (χ1v) is 6.49. The van der Waals surface area contributed by atoms with Gasteiger partial charge in [0.2, 0.25) is 0 Å². The van der Waals surface area contributed by atoms with Crippen LogP contribution in [0.3, 0.4) is 0 Å². The minimum atomic E-state index is -0.595. The zero-order chi connectivity index (χ0) is 13.3. The molecule has 0 spiro atoms. The largest absolute Gasteiger partial charge is 0.326 e. The monoisotopic (exact) mass is 268 g/mol. The Bertz CT molecular complexity index is 564. The first-order valence-electron chi connectivity index (χ1n) is 5.68. The number of thiazole rings is 1. The lowest BCUT2D eigenvalue weighted by atomic mass is 10.1. The lowest BCUT2D eigenvalue weighted by Gasteiger charge is -2.01. The van der Waals surface area contributed by atoms with Gasteiger partial charge in [-0.3, -0.25) is 0 Å². The Morgan fingerprint density at radius 2 is 2.06 bits per heavy atom. The summed E-state index contributed by atoms with van der Waals surface area (Å²) in [6, 6.07) is 3.51. The van der Waals surface area contributed by atoms with Crippen molar-refractivity contribution in [1.29, 1.82) is 0 Å². The van der Waals surface area contributed by atoms with Crippen molar-refractivity contribution >= 4 is 11.3 Å². The molecule has 1 heterocycles. The molecular formula is C13H14F2N2S. The Kier molecular flexibility index (Phi) is 3.73. The minimum Gasteiger partial charge on any atom is -0.326 e. The number of hydrogen-bond donors (Lipinski definition) is 1. The van der Waals surface area contributed by atoms with Gasteiger partial charge in [0.1, 0.15) is 16.6 Å². The lowest BCUT2D eigenvalue weighted by molar-refractivity contribution is 0.585. The summed E-state index contributed by atoms with van der Waals surface area (Å²) in [5, 5.41) is 0.552. The van der Waals surface area contributed by atoms with Gasteiger partial charge < -0.3 is 5.73 Å². The molecule has 0 bridgehead atoms. The van der Waals surface area contributed by atoms with Crippen LogP contribution >= 0.6 is 11.3 Å². The predicted molar refractivity (Wildman–Crippen MR) is 69.4 cm³/mol. The van der Waals surface area contributed by atoms with Gasteiger partial charge in [-0.15, -0.1) is 11.3 Å². The molecule has 2 N–H and O–H groups in total. The molecule has 0 fully saturated rings. The summed E-state index contributed by atoms with van der Waals surface area (Å²) in [4.78, 5) is 5.37. The molecule has 96 valence electrons. The van der Waals surface area contributed by atoms with E-state index in [0.717, 1.165) is 16.6 Å². The number of nitrogens with zero attached hydrogens (tertiary/aromatic N) is 1. The third kappa shape index (κ3) is 2.42. The van der Waals surface area contributed by atoms with E-state index in [-0.39, 0.29) is 5.92 Å². The highest BCUT2D eigenvalue weighted by Crippen LogP contribution is 2.32. The second-order valence-corrected chi connectivity index (χ2v) is 5.39. The van der Waals surface area contributed by atoms with E-state index in [4.69, 9.17) is 5.73 Å². The van der Waals surface area contributed by atoms with E-state index in [0.29, 0.717) is 17.1 Å². The van der Waals surface area contributed by atoms with E-state index in [1.807, 2.05) is 13.8 Å². The Balaban J connectivity index is 2.51. The number of benzene rings is 1. The van der Waals surface area contributed by atoms with Crippen LogP contribution in [0.1, 0.15) is 30.3 Å². The molecule has 0 saturated carbocycles. The van der Waals surface area contributed by atoms with Crippen molar-refractivity contribution < 1.29 is 8.78 Å². The van der Waals surface area contributed by atoms with Gasteiger partial charge in [0.15, 0.2) is 0 Å². The molecule has 2 nitrogen and oxygen atoms in total. The van der Waals surface area contributed by atoms with Gasteiger partial charge in [0, 0.05) is 23.1 Å². The summed E-state index contributed by atoms with van der Waals surface area (Å²) >= 11 is 1.36. The highest BCUT2D eigenvalue weighted by Gasteiger charge is 2.16. The van der Waals surface area contributed by atoms with Gasteiger partial charge in [-0.1, -0.05) is 13.8 Å². The lowest BCUT2D eigenvalue weighted by Crippen LogP contribution is -1.99. The molecule has 18 heavy (non-hydrogen) atoms. The van der Waals surface area contributed by atoms with Gasteiger partial charge in [-0.05, 0) is 18.1 Å². The first kappa shape index (κ1) is 13.1. The number of nitrogens with two attached hydrogens (primary N) is 1. The van der Waals surface area contributed by atoms with Gasteiger partial charge in [-0.2, -0.15) is 0 Å². The number of rotatable bonds is 3. The molecule has 1 aromatic carbocycles. The van der Waals surface area contributed by atoms with Crippen LogP contribution in [0, 0.1) is 11.6 Å². The molecule has 1 aromatic heterocycles. The maximum atomic E-state index is 13.7. The molecule has 0 amide bonds. The summed E-state index contributed by atoms with van der Waals surface area (Å²) in [5.41, 5.74) is 6.87. The van der Waals surface area contributed by atoms with Crippen molar-refractivity contribution in [2.45, 2.75) is 26.3 Å². The van der Waals surface area contributed by atoms with Crippen molar-refractivity contribution in [2.75, 3.05) is 0 Å². The molecular weight excluding hydrogens is 254 g/mol. The third-order valence-electron chi connectivity index (χ3n) is 2.62. The molecule has 5 heteroatoms.